The van der Waals surface area contributed by atoms with E-state index in [0.29, 0.717) is 37.3 Å². The summed E-state index contributed by atoms with van der Waals surface area (Å²) in [6, 6.07) is 5.08. The number of methoxy groups -OCH3 is 1. The number of aryl methyl sites for hydroxylation is 1. The molecule has 0 aliphatic carbocycles. The third kappa shape index (κ3) is 4.22. The van der Waals surface area contributed by atoms with Crippen molar-refractivity contribution >= 4 is 30.0 Å². The number of halogens is 1. The molecule has 0 bridgehead atoms. The normalized spacial score (nSPS) is 16.1. The van der Waals surface area contributed by atoms with Gasteiger partial charge in [0.2, 0.25) is 5.91 Å². The number of esters is 1. The molecule has 6 nitrogen and oxygen atoms in total. The zero-order valence-electron chi connectivity index (χ0n) is 13.4. The van der Waals surface area contributed by atoms with Crippen molar-refractivity contribution in [3.63, 3.8) is 0 Å². The van der Waals surface area contributed by atoms with Crippen LogP contribution in [0.5, 0.6) is 0 Å². The molecule has 128 valence electrons. The van der Waals surface area contributed by atoms with Gasteiger partial charge < -0.3 is 20.5 Å². The van der Waals surface area contributed by atoms with Crippen LogP contribution in [0.3, 0.4) is 0 Å². The van der Waals surface area contributed by atoms with Crippen molar-refractivity contribution in [3.05, 3.63) is 29.3 Å². The SMILES string of the molecule is COC(=O)c1ccc(C)c(NC(=O)C2(CN)CCOCC2)c1.Cl. The summed E-state index contributed by atoms with van der Waals surface area (Å²) in [6.07, 6.45) is 1.20. The van der Waals surface area contributed by atoms with Crippen molar-refractivity contribution in [2.75, 3.05) is 32.2 Å². The van der Waals surface area contributed by atoms with Gasteiger partial charge >= 0.3 is 5.97 Å². The lowest BCUT2D eigenvalue weighted by Gasteiger charge is -2.34. The van der Waals surface area contributed by atoms with Gasteiger partial charge in [-0.15, -0.1) is 12.4 Å². The first-order valence-electron chi connectivity index (χ1n) is 7.30. The van der Waals surface area contributed by atoms with Crippen LogP contribution in [0.2, 0.25) is 0 Å². The molecule has 1 amide bonds. The highest BCUT2D eigenvalue weighted by Crippen LogP contribution is 2.31. The van der Waals surface area contributed by atoms with Gasteiger partial charge in [-0.25, -0.2) is 4.79 Å². The van der Waals surface area contributed by atoms with Crippen molar-refractivity contribution < 1.29 is 19.1 Å². The fourth-order valence-electron chi connectivity index (χ4n) is 2.54. The predicted molar refractivity (Wildman–Crippen MR) is 89.9 cm³/mol. The highest BCUT2D eigenvalue weighted by atomic mass is 35.5. The van der Waals surface area contributed by atoms with Gasteiger partial charge in [-0.2, -0.15) is 0 Å². The Labute approximate surface area is 142 Å². The summed E-state index contributed by atoms with van der Waals surface area (Å²) in [6.45, 7) is 3.21. The number of anilines is 1. The van der Waals surface area contributed by atoms with E-state index in [1.54, 1.807) is 18.2 Å². The van der Waals surface area contributed by atoms with Crippen LogP contribution in [0.4, 0.5) is 5.69 Å². The van der Waals surface area contributed by atoms with Gasteiger partial charge in [-0.3, -0.25) is 4.79 Å². The maximum absolute atomic E-state index is 12.7. The predicted octanol–water partition coefficient (Wildman–Crippen LogP) is 1.90. The molecule has 0 radical (unpaired) electrons. The number of hydrogen-bond donors (Lipinski definition) is 2. The molecule has 0 atom stereocenters. The quantitative estimate of drug-likeness (QED) is 0.815. The number of carbonyl (C=O) groups is 2. The number of nitrogens with one attached hydrogen (secondary N) is 1. The molecule has 7 heteroatoms. The molecule has 0 unspecified atom stereocenters. The summed E-state index contributed by atoms with van der Waals surface area (Å²) >= 11 is 0. The second kappa shape index (κ2) is 8.29. The van der Waals surface area contributed by atoms with Crippen LogP contribution in [-0.4, -0.2) is 38.7 Å². The van der Waals surface area contributed by atoms with Crippen LogP contribution in [0.15, 0.2) is 18.2 Å². The average Bonchev–Trinajstić information content (AvgIpc) is 2.56. The largest absolute Gasteiger partial charge is 0.465 e. The maximum Gasteiger partial charge on any atom is 0.337 e. The molecule has 0 aromatic heterocycles. The Bertz CT molecular complexity index is 571. The lowest BCUT2D eigenvalue weighted by atomic mass is 9.79. The summed E-state index contributed by atoms with van der Waals surface area (Å²) in [5, 5.41) is 2.91. The van der Waals surface area contributed by atoms with Crippen molar-refractivity contribution in [3.8, 4) is 0 Å². The summed E-state index contributed by atoms with van der Waals surface area (Å²) in [4.78, 5) is 24.3. The van der Waals surface area contributed by atoms with Crippen LogP contribution in [0.25, 0.3) is 0 Å². The van der Waals surface area contributed by atoms with Crippen LogP contribution >= 0.6 is 12.4 Å². The second-order valence-electron chi connectivity index (χ2n) is 5.57. The minimum atomic E-state index is -0.605. The van der Waals surface area contributed by atoms with E-state index in [9.17, 15) is 9.59 Å². The van der Waals surface area contributed by atoms with E-state index in [4.69, 9.17) is 15.2 Å². The van der Waals surface area contributed by atoms with Crippen molar-refractivity contribution in [1.29, 1.82) is 0 Å². The molecular formula is C16H23ClN2O4. The van der Waals surface area contributed by atoms with Gasteiger partial charge in [0, 0.05) is 25.4 Å². The van der Waals surface area contributed by atoms with Crippen LogP contribution in [0.1, 0.15) is 28.8 Å². The lowest BCUT2D eigenvalue weighted by Crippen LogP contribution is -2.46. The number of nitrogens with two attached hydrogens (primary N) is 1. The number of carbonyl (C=O) groups excluding carboxylic acids is 2. The van der Waals surface area contributed by atoms with E-state index < -0.39 is 11.4 Å². The Balaban J connectivity index is 0.00000264. The van der Waals surface area contributed by atoms with E-state index >= 15 is 0 Å². The summed E-state index contributed by atoms with van der Waals surface area (Å²) in [7, 11) is 1.33. The number of hydrogen-bond acceptors (Lipinski definition) is 5. The van der Waals surface area contributed by atoms with Crippen molar-refractivity contribution in [2.45, 2.75) is 19.8 Å². The first-order chi connectivity index (χ1) is 10.5. The average molecular weight is 343 g/mol. The monoisotopic (exact) mass is 342 g/mol. The minimum Gasteiger partial charge on any atom is -0.465 e. The number of rotatable bonds is 4. The summed E-state index contributed by atoms with van der Waals surface area (Å²) < 4.78 is 10.0. The number of benzene rings is 1. The zero-order chi connectivity index (χ0) is 16.2. The Morgan fingerprint density at radius 3 is 2.57 bits per heavy atom. The summed E-state index contributed by atoms with van der Waals surface area (Å²) in [5.41, 5.74) is 7.11. The van der Waals surface area contributed by atoms with Gasteiger partial charge in [-0.1, -0.05) is 6.07 Å². The molecule has 1 aliphatic rings. The Hall–Kier alpha value is -1.63. The summed E-state index contributed by atoms with van der Waals surface area (Å²) in [5.74, 6) is -0.557. The highest BCUT2D eigenvalue weighted by Gasteiger charge is 2.39. The second-order valence-corrected chi connectivity index (χ2v) is 5.57. The van der Waals surface area contributed by atoms with Gasteiger partial charge in [0.1, 0.15) is 0 Å². The zero-order valence-corrected chi connectivity index (χ0v) is 14.2. The Morgan fingerprint density at radius 1 is 1.35 bits per heavy atom. The highest BCUT2D eigenvalue weighted by molar-refractivity contribution is 5.98. The molecule has 23 heavy (non-hydrogen) atoms. The van der Waals surface area contributed by atoms with Crippen LogP contribution < -0.4 is 11.1 Å². The van der Waals surface area contributed by atoms with Gasteiger partial charge in [-0.05, 0) is 37.5 Å². The molecule has 1 aromatic rings. The molecule has 3 N–H and O–H groups in total. The number of ether oxygens (including phenoxy) is 2. The van der Waals surface area contributed by atoms with Gasteiger partial charge in [0.15, 0.2) is 0 Å². The molecule has 0 saturated carbocycles. The lowest BCUT2D eigenvalue weighted by molar-refractivity contribution is -0.130. The third-order valence-corrected chi connectivity index (χ3v) is 4.23. The van der Waals surface area contributed by atoms with Crippen LogP contribution in [-0.2, 0) is 14.3 Å². The molecule has 1 aliphatic heterocycles. The molecule has 1 fully saturated rings. The number of amides is 1. The van der Waals surface area contributed by atoms with Crippen LogP contribution in [0, 0.1) is 12.3 Å². The molecule has 1 heterocycles. The standard InChI is InChI=1S/C16H22N2O4.ClH/c1-11-3-4-12(14(19)21-2)9-13(11)18-15(20)16(10-17)5-7-22-8-6-16;/h3-4,9H,5-8,10,17H2,1-2H3,(H,18,20);1H. The van der Waals surface area contributed by atoms with E-state index in [2.05, 4.69) is 5.32 Å². The maximum atomic E-state index is 12.7. The van der Waals surface area contributed by atoms with E-state index in [1.165, 1.54) is 7.11 Å². The minimum absolute atomic E-state index is 0. The fraction of sp³-hybridized carbons (Fsp3) is 0.500. The van der Waals surface area contributed by atoms with E-state index in [1.807, 2.05) is 6.92 Å². The fourth-order valence-corrected chi connectivity index (χ4v) is 2.54. The smallest absolute Gasteiger partial charge is 0.337 e. The topological polar surface area (TPSA) is 90.7 Å². The first kappa shape index (κ1) is 19.4. The Morgan fingerprint density at radius 2 is 2.00 bits per heavy atom. The molecule has 0 spiro atoms. The van der Waals surface area contributed by atoms with E-state index in [-0.39, 0.29) is 24.9 Å². The molecular weight excluding hydrogens is 320 g/mol. The van der Waals surface area contributed by atoms with Crippen molar-refractivity contribution in [1.82, 2.24) is 0 Å². The third-order valence-electron chi connectivity index (χ3n) is 4.23. The molecule has 1 aromatic carbocycles. The van der Waals surface area contributed by atoms with Gasteiger partial charge in [0.25, 0.3) is 0 Å². The van der Waals surface area contributed by atoms with Crippen molar-refractivity contribution in [2.24, 2.45) is 11.1 Å². The first-order valence-corrected chi connectivity index (χ1v) is 7.30. The molecule has 1 saturated heterocycles. The Kier molecular flexibility index (Phi) is 7.00. The van der Waals surface area contributed by atoms with E-state index in [0.717, 1.165) is 5.56 Å². The van der Waals surface area contributed by atoms with Gasteiger partial charge in [0.05, 0.1) is 18.1 Å². The molecule has 2 rings (SSSR count).